The van der Waals surface area contributed by atoms with E-state index in [1.807, 2.05) is 17.5 Å². The number of hydrazone groups is 1. The largest absolute Gasteiger partial charge is 0.272 e. The van der Waals surface area contributed by atoms with E-state index in [-0.39, 0.29) is 12.3 Å². The molecule has 0 unspecified atom stereocenters. The first-order valence-electron chi connectivity index (χ1n) is 3.98. The Kier molecular flexibility index (Phi) is 3.83. The van der Waals surface area contributed by atoms with Crippen molar-refractivity contribution in [1.82, 2.24) is 5.43 Å². The number of carbonyl (C=O) groups excluding carboxylic acids is 1. The minimum Gasteiger partial charge on any atom is -0.272 e. The Balaban J connectivity index is 2.54. The fraction of sp³-hybridized carbons (Fsp3) is 0.222. The third-order valence-corrected chi connectivity index (χ3v) is 2.44. The van der Waals surface area contributed by atoms with Gasteiger partial charge in [0.05, 0.1) is 11.8 Å². The average molecular weight is 207 g/mol. The van der Waals surface area contributed by atoms with E-state index < -0.39 is 0 Å². The van der Waals surface area contributed by atoms with E-state index in [2.05, 4.69) is 10.5 Å². The molecule has 0 saturated heterocycles. The van der Waals surface area contributed by atoms with Gasteiger partial charge in [-0.15, -0.1) is 11.3 Å². The monoisotopic (exact) mass is 207 g/mol. The number of rotatable bonds is 3. The second-order valence-corrected chi connectivity index (χ2v) is 3.49. The van der Waals surface area contributed by atoms with Crippen molar-refractivity contribution in [3.63, 3.8) is 0 Å². The molecule has 0 aliphatic heterocycles. The predicted octanol–water partition coefficient (Wildman–Crippen LogP) is 1.50. The fourth-order valence-corrected chi connectivity index (χ4v) is 1.47. The van der Waals surface area contributed by atoms with E-state index in [1.54, 1.807) is 24.3 Å². The van der Waals surface area contributed by atoms with Crippen molar-refractivity contribution in [1.29, 1.82) is 5.26 Å². The summed E-state index contributed by atoms with van der Waals surface area (Å²) in [6.45, 7) is 1.80. The zero-order valence-electron chi connectivity index (χ0n) is 7.65. The molecule has 72 valence electrons. The summed E-state index contributed by atoms with van der Waals surface area (Å²) < 4.78 is 0. The summed E-state index contributed by atoms with van der Waals surface area (Å²) in [5.41, 5.74) is 3.05. The topological polar surface area (TPSA) is 65.2 Å². The van der Waals surface area contributed by atoms with Gasteiger partial charge in [-0.05, 0) is 18.4 Å². The lowest BCUT2D eigenvalue weighted by Crippen LogP contribution is -2.17. The summed E-state index contributed by atoms with van der Waals surface area (Å²) in [6.07, 6.45) is -0.165. The molecule has 0 spiro atoms. The van der Waals surface area contributed by atoms with Crippen LogP contribution < -0.4 is 5.43 Å². The van der Waals surface area contributed by atoms with E-state index >= 15 is 0 Å². The first kappa shape index (κ1) is 10.4. The van der Waals surface area contributed by atoms with Crippen molar-refractivity contribution in [2.45, 2.75) is 13.3 Å². The summed E-state index contributed by atoms with van der Waals surface area (Å²) in [6, 6.07) is 5.58. The van der Waals surface area contributed by atoms with Crippen LogP contribution in [0.4, 0.5) is 0 Å². The molecule has 1 rings (SSSR count). The van der Waals surface area contributed by atoms with Crippen LogP contribution in [0.15, 0.2) is 22.6 Å². The molecule has 5 heteroatoms. The average Bonchev–Trinajstić information content (AvgIpc) is 2.67. The minimum absolute atomic E-state index is 0.165. The molecule has 0 radical (unpaired) electrons. The van der Waals surface area contributed by atoms with E-state index in [9.17, 15) is 4.79 Å². The Morgan fingerprint density at radius 2 is 2.57 bits per heavy atom. The molecular formula is C9H9N3OS. The van der Waals surface area contributed by atoms with Gasteiger partial charge in [0.2, 0.25) is 0 Å². The molecule has 1 aromatic heterocycles. The summed E-state index contributed by atoms with van der Waals surface area (Å²) in [5, 5.41) is 14.0. The molecule has 14 heavy (non-hydrogen) atoms. The molecule has 0 aliphatic rings. The Bertz CT molecular complexity index is 375. The number of amides is 1. The Morgan fingerprint density at radius 1 is 1.79 bits per heavy atom. The Hall–Kier alpha value is -1.67. The molecule has 0 atom stereocenters. The second-order valence-electron chi connectivity index (χ2n) is 2.54. The van der Waals surface area contributed by atoms with Crippen LogP contribution in [0.2, 0.25) is 0 Å². The van der Waals surface area contributed by atoms with Gasteiger partial charge >= 0.3 is 0 Å². The molecule has 4 nitrogen and oxygen atoms in total. The lowest BCUT2D eigenvalue weighted by Gasteiger charge is -1.97. The van der Waals surface area contributed by atoms with Crippen molar-refractivity contribution >= 4 is 23.0 Å². The first-order valence-corrected chi connectivity index (χ1v) is 4.86. The molecule has 1 N–H and O–H groups in total. The fourth-order valence-electron chi connectivity index (χ4n) is 0.797. The number of nitrogens with one attached hydrogen (secondary N) is 1. The van der Waals surface area contributed by atoms with Crippen LogP contribution in [0, 0.1) is 11.3 Å². The summed E-state index contributed by atoms with van der Waals surface area (Å²) in [5.74, 6) is -0.386. The van der Waals surface area contributed by atoms with Gasteiger partial charge in [-0.2, -0.15) is 10.4 Å². The maximum Gasteiger partial charge on any atom is 0.254 e. The van der Waals surface area contributed by atoms with Gasteiger partial charge in [0.15, 0.2) is 0 Å². The highest BCUT2D eigenvalue weighted by Gasteiger charge is 2.00. The van der Waals surface area contributed by atoms with E-state index in [0.29, 0.717) is 0 Å². The zero-order valence-corrected chi connectivity index (χ0v) is 8.47. The van der Waals surface area contributed by atoms with Crippen LogP contribution in [0.1, 0.15) is 18.2 Å². The predicted molar refractivity (Wildman–Crippen MR) is 54.9 cm³/mol. The molecule has 1 amide bonds. The maximum absolute atomic E-state index is 10.9. The summed E-state index contributed by atoms with van der Waals surface area (Å²) in [7, 11) is 0. The number of hydrogen-bond acceptors (Lipinski definition) is 4. The molecule has 0 aliphatic carbocycles. The highest BCUT2D eigenvalue weighted by Crippen LogP contribution is 2.08. The van der Waals surface area contributed by atoms with Gasteiger partial charge in [0, 0.05) is 4.88 Å². The van der Waals surface area contributed by atoms with Gasteiger partial charge in [-0.1, -0.05) is 6.07 Å². The molecular weight excluding hydrogens is 198 g/mol. The normalized spacial score (nSPS) is 10.7. The number of thiophene rings is 1. The van der Waals surface area contributed by atoms with Gasteiger partial charge in [-0.25, -0.2) is 5.43 Å². The molecule has 1 heterocycles. The van der Waals surface area contributed by atoms with Crippen molar-refractivity contribution in [2.75, 3.05) is 0 Å². The van der Waals surface area contributed by atoms with Gasteiger partial charge < -0.3 is 0 Å². The number of carbonyl (C=O) groups is 1. The van der Waals surface area contributed by atoms with Crippen LogP contribution in [0.25, 0.3) is 0 Å². The molecule has 0 saturated carbocycles. The molecule has 0 aromatic carbocycles. The standard InChI is InChI=1S/C9H9N3OS/c1-7(8-3-2-6-14-8)11-12-9(13)4-5-10/h2-3,6H,4H2,1H3,(H,12,13). The second kappa shape index (κ2) is 5.14. The Morgan fingerprint density at radius 3 is 3.14 bits per heavy atom. The Labute approximate surface area is 85.9 Å². The van der Waals surface area contributed by atoms with Crippen molar-refractivity contribution < 1.29 is 4.79 Å². The minimum atomic E-state index is -0.386. The molecule has 1 aromatic rings. The smallest absolute Gasteiger partial charge is 0.254 e. The van der Waals surface area contributed by atoms with E-state index in [4.69, 9.17) is 5.26 Å². The van der Waals surface area contributed by atoms with Crippen molar-refractivity contribution in [2.24, 2.45) is 5.10 Å². The third kappa shape index (κ3) is 2.99. The van der Waals surface area contributed by atoms with Crippen LogP contribution in [-0.2, 0) is 4.79 Å². The van der Waals surface area contributed by atoms with Gasteiger partial charge in [-0.3, -0.25) is 4.79 Å². The first-order chi connectivity index (χ1) is 6.74. The number of nitrogens with zero attached hydrogens (tertiary/aromatic N) is 2. The van der Waals surface area contributed by atoms with Crippen LogP contribution >= 0.6 is 11.3 Å². The number of hydrogen-bond donors (Lipinski definition) is 1. The highest BCUT2D eigenvalue weighted by molar-refractivity contribution is 7.12. The van der Waals surface area contributed by atoms with E-state index in [0.717, 1.165) is 10.6 Å². The van der Waals surface area contributed by atoms with Crippen molar-refractivity contribution in [3.8, 4) is 6.07 Å². The third-order valence-electron chi connectivity index (χ3n) is 1.47. The SMILES string of the molecule is CC(=NNC(=O)CC#N)c1cccs1. The maximum atomic E-state index is 10.9. The van der Waals surface area contributed by atoms with Crippen LogP contribution in [0.5, 0.6) is 0 Å². The number of nitriles is 1. The van der Waals surface area contributed by atoms with E-state index in [1.165, 1.54) is 0 Å². The molecule has 0 fully saturated rings. The van der Waals surface area contributed by atoms with Gasteiger partial charge in [0.25, 0.3) is 5.91 Å². The summed E-state index contributed by atoms with van der Waals surface area (Å²) in [4.78, 5) is 11.9. The van der Waals surface area contributed by atoms with Crippen molar-refractivity contribution in [3.05, 3.63) is 22.4 Å². The highest BCUT2D eigenvalue weighted by atomic mass is 32.1. The van der Waals surface area contributed by atoms with Gasteiger partial charge in [0.1, 0.15) is 6.42 Å². The molecule has 0 bridgehead atoms. The van der Waals surface area contributed by atoms with Crippen LogP contribution in [0.3, 0.4) is 0 Å². The lowest BCUT2D eigenvalue weighted by atomic mass is 10.3. The quantitative estimate of drug-likeness (QED) is 0.603. The zero-order chi connectivity index (χ0) is 10.4. The van der Waals surface area contributed by atoms with Crippen LogP contribution in [-0.4, -0.2) is 11.6 Å². The summed E-state index contributed by atoms with van der Waals surface area (Å²) >= 11 is 1.55. The lowest BCUT2D eigenvalue weighted by molar-refractivity contribution is -0.120.